The quantitative estimate of drug-likeness (QED) is 0.559. The molecule has 0 radical (unpaired) electrons. The van der Waals surface area contributed by atoms with Crippen LogP contribution in [-0.4, -0.2) is 23.8 Å². The van der Waals surface area contributed by atoms with Crippen molar-refractivity contribution in [2.45, 2.75) is 46.3 Å². The highest BCUT2D eigenvalue weighted by Crippen LogP contribution is 2.09. The first-order chi connectivity index (χ1) is 6.63. The van der Waals surface area contributed by atoms with Crippen LogP contribution in [0.2, 0.25) is 0 Å². The van der Waals surface area contributed by atoms with Crippen LogP contribution in [0.1, 0.15) is 34.6 Å². The molecule has 0 fully saturated rings. The summed E-state index contributed by atoms with van der Waals surface area (Å²) in [6.07, 6.45) is -1.01. The molecule has 2 N–H and O–H groups in total. The molecule has 0 aromatic rings. The Hall–Kier alpha value is -1.10. The number of hydrogen-bond acceptors (Lipinski definition) is 5. The molecule has 15 heavy (non-hydrogen) atoms. The number of rotatable bonds is 2. The summed E-state index contributed by atoms with van der Waals surface area (Å²) < 4.78 is 9.23. The molecule has 5 nitrogen and oxygen atoms in total. The Kier molecular flexibility index (Phi) is 4.74. The second-order valence-corrected chi connectivity index (χ2v) is 4.66. The molecule has 0 saturated heterocycles. The Bertz CT molecular complexity index is 242. The molecule has 0 heterocycles. The molecule has 0 aliphatic carbocycles. The zero-order chi connectivity index (χ0) is 12.2. The second-order valence-electron chi connectivity index (χ2n) is 4.66. The molecule has 5 heteroatoms. The van der Waals surface area contributed by atoms with Crippen LogP contribution >= 0.6 is 0 Å². The fourth-order valence-electron chi connectivity index (χ4n) is 0.693. The van der Waals surface area contributed by atoms with Crippen molar-refractivity contribution in [3.63, 3.8) is 0 Å². The molecule has 0 spiro atoms. The molecule has 0 aliphatic rings. The third kappa shape index (κ3) is 6.06. The Morgan fingerprint density at radius 2 is 1.67 bits per heavy atom. The Morgan fingerprint density at radius 3 is 2.00 bits per heavy atom. The molecule has 0 bridgehead atoms. The van der Waals surface area contributed by atoms with Gasteiger partial charge in [0.1, 0.15) is 11.6 Å². The van der Waals surface area contributed by atoms with Crippen LogP contribution in [0.25, 0.3) is 0 Å². The van der Waals surface area contributed by atoms with E-state index in [2.05, 4.69) is 4.74 Å². The number of ether oxygens (including phenoxy) is 2. The van der Waals surface area contributed by atoms with Gasteiger partial charge in [0.25, 0.3) is 0 Å². The third-order valence-electron chi connectivity index (χ3n) is 1.56. The van der Waals surface area contributed by atoms with Gasteiger partial charge in [0.05, 0.1) is 0 Å². The lowest BCUT2D eigenvalue weighted by Gasteiger charge is -2.19. The second kappa shape index (κ2) is 5.11. The van der Waals surface area contributed by atoms with E-state index in [4.69, 9.17) is 10.5 Å². The maximum atomic E-state index is 11.2. The van der Waals surface area contributed by atoms with Crippen molar-refractivity contribution in [1.82, 2.24) is 0 Å². The predicted molar refractivity (Wildman–Crippen MR) is 55.1 cm³/mol. The molecule has 88 valence electrons. The summed E-state index contributed by atoms with van der Waals surface area (Å²) in [5, 5.41) is 0. The smallest absolute Gasteiger partial charge is 0.428 e. The number of nitrogens with two attached hydrogens (primary N) is 1. The van der Waals surface area contributed by atoms with E-state index in [0.29, 0.717) is 0 Å². The van der Waals surface area contributed by atoms with Gasteiger partial charge in [0.2, 0.25) is 0 Å². The van der Waals surface area contributed by atoms with Gasteiger partial charge in [-0.05, 0) is 26.7 Å². The van der Waals surface area contributed by atoms with E-state index in [1.807, 2.05) is 0 Å². The number of esters is 1. The minimum Gasteiger partial charge on any atom is -0.428 e. The molecule has 0 aromatic carbocycles. The first kappa shape index (κ1) is 13.9. The van der Waals surface area contributed by atoms with E-state index in [1.54, 1.807) is 34.6 Å². The average molecular weight is 217 g/mol. The third-order valence-corrected chi connectivity index (χ3v) is 1.56. The number of hydrogen-bond donors (Lipinski definition) is 1. The monoisotopic (exact) mass is 217 g/mol. The lowest BCUT2D eigenvalue weighted by molar-refractivity contribution is -0.143. The molecule has 0 aromatic heterocycles. The molecular weight excluding hydrogens is 198 g/mol. The summed E-state index contributed by atoms with van der Waals surface area (Å²) >= 11 is 0. The van der Waals surface area contributed by atoms with Crippen LogP contribution in [0.3, 0.4) is 0 Å². The number of carbonyl (C=O) groups is 2. The summed E-state index contributed by atoms with van der Waals surface area (Å²) in [5.41, 5.74) is 4.81. The first-order valence-corrected chi connectivity index (χ1v) is 4.83. The fraction of sp³-hybridized carbons (Fsp3) is 0.800. The van der Waals surface area contributed by atoms with Gasteiger partial charge in [-0.15, -0.1) is 0 Å². The van der Waals surface area contributed by atoms with Gasteiger partial charge in [0, 0.05) is 0 Å². The standard InChI is InChI=1S/C10H19NO4/c1-6(2)7(11)8(12)14-9(13)15-10(3,4)5/h6-7H,11H2,1-5H3. The highest BCUT2D eigenvalue weighted by atomic mass is 16.7. The van der Waals surface area contributed by atoms with E-state index in [0.717, 1.165) is 0 Å². The Labute approximate surface area is 89.9 Å². The van der Waals surface area contributed by atoms with Gasteiger partial charge in [-0.3, -0.25) is 0 Å². The maximum absolute atomic E-state index is 11.2. The topological polar surface area (TPSA) is 78.6 Å². The van der Waals surface area contributed by atoms with Crippen LogP contribution in [0, 0.1) is 5.92 Å². The SMILES string of the molecule is CC(C)C(N)C(=O)OC(=O)OC(C)(C)C. The van der Waals surface area contributed by atoms with E-state index in [-0.39, 0.29) is 5.92 Å². The molecule has 0 saturated carbocycles. The highest BCUT2D eigenvalue weighted by Gasteiger charge is 2.25. The van der Waals surface area contributed by atoms with E-state index >= 15 is 0 Å². The van der Waals surface area contributed by atoms with Gasteiger partial charge >= 0.3 is 12.1 Å². The van der Waals surface area contributed by atoms with Crippen LogP contribution < -0.4 is 5.73 Å². The van der Waals surface area contributed by atoms with Gasteiger partial charge in [-0.1, -0.05) is 13.8 Å². The summed E-state index contributed by atoms with van der Waals surface area (Å²) in [7, 11) is 0. The Balaban J connectivity index is 4.14. The van der Waals surface area contributed by atoms with E-state index in [9.17, 15) is 9.59 Å². The highest BCUT2D eigenvalue weighted by molar-refractivity contribution is 5.85. The van der Waals surface area contributed by atoms with Gasteiger partial charge in [-0.25, -0.2) is 9.59 Å². The summed E-state index contributed by atoms with van der Waals surface area (Å²) in [6, 6.07) is -0.808. The van der Waals surface area contributed by atoms with Crippen molar-refractivity contribution >= 4 is 12.1 Å². The van der Waals surface area contributed by atoms with Crippen molar-refractivity contribution in [3.8, 4) is 0 Å². The van der Waals surface area contributed by atoms with Gasteiger partial charge in [0.15, 0.2) is 0 Å². The van der Waals surface area contributed by atoms with Gasteiger partial charge in [-0.2, -0.15) is 0 Å². The first-order valence-electron chi connectivity index (χ1n) is 4.83. The normalized spacial score (nSPS) is 13.5. The van der Waals surface area contributed by atoms with Crippen molar-refractivity contribution in [2.24, 2.45) is 11.7 Å². The molecule has 0 aliphatic heterocycles. The number of carbonyl (C=O) groups excluding carboxylic acids is 2. The summed E-state index contributed by atoms with van der Waals surface area (Å²) in [6.45, 7) is 8.57. The van der Waals surface area contributed by atoms with Crippen molar-refractivity contribution in [1.29, 1.82) is 0 Å². The van der Waals surface area contributed by atoms with Crippen LogP contribution in [0.4, 0.5) is 4.79 Å². The van der Waals surface area contributed by atoms with Crippen molar-refractivity contribution in [2.75, 3.05) is 0 Å². The van der Waals surface area contributed by atoms with Gasteiger partial charge < -0.3 is 15.2 Å². The van der Waals surface area contributed by atoms with Crippen molar-refractivity contribution in [3.05, 3.63) is 0 Å². The minimum absolute atomic E-state index is 0.0834. The zero-order valence-corrected chi connectivity index (χ0v) is 9.87. The molecule has 0 rings (SSSR count). The maximum Gasteiger partial charge on any atom is 0.516 e. The Morgan fingerprint density at radius 1 is 1.20 bits per heavy atom. The van der Waals surface area contributed by atoms with E-state index in [1.165, 1.54) is 0 Å². The van der Waals surface area contributed by atoms with Crippen LogP contribution in [0.15, 0.2) is 0 Å². The average Bonchev–Trinajstić information content (AvgIpc) is 1.98. The van der Waals surface area contributed by atoms with E-state index < -0.39 is 23.8 Å². The zero-order valence-electron chi connectivity index (χ0n) is 9.87. The van der Waals surface area contributed by atoms with Crippen LogP contribution in [0.5, 0.6) is 0 Å². The largest absolute Gasteiger partial charge is 0.516 e. The molecule has 1 atom stereocenters. The molecule has 0 amide bonds. The molecule has 1 unspecified atom stereocenters. The van der Waals surface area contributed by atoms with Crippen molar-refractivity contribution < 1.29 is 19.1 Å². The fourth-order valence-corrected chi connectivity index (χ4v) is 0.693. The lowest BCUT2D eigenvalue weighted by atomic mass is 10.1. The summed E-state index contributed by atoms with van der Waals surface area (Å²) in [4.78, 5) is 22.3. The minimum atomic E-state index is -1.01. The van der Waals surface area contributed by atoms with Crippen LogP contribution in [-0.2, 0) is 14.3 Å². The predicted octanol–water partition coefficient (Wildman–Crippen LogP) is 1.45. The molecular formula is C10H19NO4. The summed E-state index contributed by atoms with van der Waals surface area (Å²) in [5.74, 6) is -0.848. The lowest BCUT2D eigenvalue weighted by Crippen LogP contribution is -2.39.